The van der Waals surface area contributed by atoms with Crippen LogP contribution in [0.2, 0.25) is 0 Å². The fourth-order valence-corrected chi connectivity index (χ4v) is 0.671. The predicted molar refractivity (Wildman–Crippen MR) is 60.5 cm³/mol. The maximum absolute atomic E-state index is 7.17. The summed E-state index contributed by atoms with van der Waals surface area (Å²) in [6.45, 7) is 10.5. The molecule has 0 aromatic carbocycles. The van der Waals surface area contributed by atoms with Gasteiger partial charge in [0.2, 0.25) is 0 Å². The fraction of sp³-hybridized carbons (Fsp3) is 1.00. The molecule has 0 radical (unpaired) electrons. The van der Waals surface area contributed by atoms with Gasteiger partial charge in [-0.1, -0.05) is 0 Å². The highest BCUT2D eigenvalue weighted by Crippen LogP contribution is 1.97. The van der Waals surface area contributed by atoms with Gasteiger partial charge in [-0.15, -0.1) is 17.0 Å². The minimum Gasteiger partial charge on any atom is -0.402 e. The van der Waals surface area contributed by atoms with Crippen LogP contribution in [0.15, 0.2) is 0 Å². The summed E-state index contributed by atoms with van der Waals surface area (Å²) in [5, 5.41) is 21.5. The van der Waals surface area contributed by atoms with Crippen molar-refractivity contribution in [3.8, 4) is 0 Å². The molecular weight excluding hydrogens is 237 g/mol. The van der Waals surface area contributed by atoms with Crippen molar-refractivity contribution in [3.05, 3.63) is 0 Å². The molecule has 0 rings (SSSR count). The third-order valence-corrected chi connectivity index (χ3v) is 2.29. The van der Waals surface area contributed by atoms with E-state index < -0.39 is 7.32 Å². The average Bonchev–Trinajstić information content (AvgIpc) is 2.02. The maximum atomic E-state index is 7.17. The lowest BCUT2D eigenvalue weighted by atomic mass is 10.3. The highest BCUT2D eigenvalue weighted by Gasteiger charge is 2.10. The van der Waals surface area contributed by atoms with E-state index in [-0.39, 0.29) is 17.0 Å². The number of rotatable bonds is 3. The second-order valence-electron chi connectivity index (χ2n) is 2.91. The first-order chi connectivity index (χ1) is 5.41. The summed E-state index contributed by atoms with van der Waals surface area (Å²) in [6.07, 6.45) is 0. The van der Waals surface area contributed by atoms with Gasteiger partial charge in [-0.25, -0.2) is 0 Å². The summed E-state index contributed by atoms with van der Waals surface area (Å²) >= 11 is 0. The van der Waals surface area contributed by atoms with E-state index in [1.807, 2.05) is 0 Å². The van der Waals surface area contributed by atoms with Gasteiger partial charge >= 0.3 is 7.32 Å². The normalized spacial score (nSPS) is 9.46. The highest BCUT2D eigenvalue weighted by atomic mass is 79.9. The van der Waals surface area contributed by atoms with Crippen LogP contribution in [-0.4, -0.2) is 53.6 Å². The van der Waals surface area contributed by atoms with E-state index in [0.717, 1.165) is 0 Å². The molecule has 6 heteroatoms. The largest absolute Gasteiger partial charge is 0.631 e. The first kappa shape index (κ1) is 19.0. The number of quaternary nitrogens is 1. The first-order valence-electron chi connectivity index (χ1n) is 4.29. The van der Waals surface area contributed by atoms with Crippen LogP contribution >= 0.6 is 17.0 Å². The Morgan fingerprint density at radius 3 is 1.08 bits per heavy atom. The van der Waals surface area contributed by atoms with Gasteiger partial charge in [0.1, 0.15) is 0 Å². The molecule has 0 aliphatic carbocycles. The molecule has 0 atom stereocenters. The van der Waals surface area contributed by atoms with Crippen molar-refractivity contribution in [1.29, 1.82) is 0 Å². The lowest BCUT2D eigenvalue weighted by Gasteiger charge is -2.30. The third kappa shape index (κ3) is 15.2. The molecule has 3 N–H and O–H groups in total. The topological polar surface area (TPSA) is 60.7 Å². The van der Waals surface area contributed by atoms with Gasteiger partial charge in [-0.3, -0.25) is 0 Å². The maximum Gasteiger partial charge on any atom is 0.631 e. The molecule has 4 nitrogen and oxygen atoms in total. The van der Waals surface area contributed by atoms with Crippen molar-refractivity contribution < 1.29 is 19.6 Å². The van der Waals surface area contributed by atoms with Crippen molar-refractivity contribution in [3.63, 3.8) is 0 Å². The third-order valence-electron chi connectivity index (χ3n) is 2.29. The highest BCUT2D eigenvalue weighted by molar-refractivity contribution is 8.93. The van der Waals surface area contributed by atoms with Crippen LogP contribution in [0.1, 0.15) is 20.8 Å². The van der Waals surface area contributed by atoms with Crippen LogP contribution in [0.5, 0.6) is 0 Å². The zero-order valence-corrected chi connectivity index (χ0v) is 10.6. The van der Waals surface area contributed by atoms with Crippen molar-refractivity contribution in [2.75, 3.05) is 26.7 Å². The van der Waals surface area contributed by atoms with Gasteiger partial charge in [0.15, 0.2) is 0 Å². The molecule has 0 saturated carbocycles. The Bertz CT molecular complexity index is 90.7. The minimum absolute atomic E-state index is 0. The monoisotopic (exact) mass is 258 g/mol. The molecule has 0 heterocycles. The number of hydrogen-bond acceptors (Lipinski definition) is 3. The second-order valence-corrected chi connectivity index (χ2v) is 2.91. The van der Waals surface area contributed by atoms with Gasteiger partial charge in [0.05, 0.1) is 26.7 Å². The van der Waals surface area contributed by atoms with Gasteiger partial charge in [-0.2, -0.15) is 0 Å². The minimum atomic E-state index is -2.17. The van der Waals surface area contributed by atoms with Crippen LogP contribution in [-0.2, 0) is 0 Å². The van der Waals surface area contributed by atoms with E-state index in [4.69, 9.17) is 15.1 Å². The number of hydrogen-bond donors (Lipinski definition) is 3. The van der Waals surface area contributed by atoms with E-state index in [9.17, 15) is 0 Å². The van der Waals surface area contributed by atoms with Crippen molar-refractivity contribution in [2.45, 2.75) is 20.8 Å². The fourth-order valence-electron chi connectivity index (χ4n) is 0.671. The van der Waals surface area contributed by atoms with Crippen LogP contribution in [0.25, 0.3) is 0 Å². The number of nitrogens with zero attached hydrogens (tertiary/aromatic N) is 1. The molecule has 0 aromatic rings. The summed E-state index contributed by atoms with van der Waals surface area (Å²) in [5.74, 6) is 0. The molecule has 0 bridgehead atoms. The van der Waals surface area contributed by atoms with Gasteiger partial charge in [0.25, 0.3) is 0 Å². The Kier molecular flexibility index (Phi) is 15.3. The SMILES string of the molecule is Br.CC[N+](C)(CC)CC.OB(O)O. The summed E-state index contributed by atoms with van der Waals surface area (Å²) in [4.78, 5) is 0. The summed E-state index contributed by atoms with van der Waals surface area (Å²) in [6, 6.07) is 0. The van der Waals surface area contributed by atoms with Crippen molar-refractivity contribution >= 4 is 24.3 Å². The Hall–Kier alpha value is 0.385. The Labute approximate surface area is 91.7 Å². The summed E-state index contributed by atoms with van der Waals surface area (Å²) in [5.41, 5.74) is 0. The molecule has 0 aromatic heterocycles. The molecule has 0 amide bonds. The van der Waals surface area contributed by atoms with Crippen LogP contribution in [0.4, 0.5) is 0 Å². The first-order valence-corrected chi connectivity index (χ1v) is 4.29. The van der Waals surface area contributed by atoms with Crippen LogP contribution in [0.3, 0.4) is 0 Å². The summed E-state index contributed by atoms with van der Waals surface area (Å²) in [7, 11) is 0.125. The van der Waals surface area contributed by atoms with Crippen LogP contribution in [0, 0.1) is 0 Å². The number of halogens is 1. The zero-order chi connectivity index (χ0) is 10.2. The molecule has 0 fully saturated rings. The predicted octanol–water partition coefficient (Wildman–Crippen LogP) is 0.0188. The molecule has 0 aliphatic heterocycles. The Morgan fingerprint density at radius 1 is 0.923 bits per heavy atom. The average molecular weight is 259 g/mol. The van der Waals surface area contributed by atoms with E-state index in [0.29, 0.717) is 0 Å². The smallest absolute Gasteiger partial charge is 0.402 e. The summed E-state index contributed by atoms with van der Waals surface area (Å²) < 4.78 is 1.21. The lowest BCUT2D eigenvalue weighted by molar-refractivity contribution is -0.904. The van der Waals surface area contributed by atoms with Gasteiger partial charge in [0, 0.05) is 0 Å². The molecule has 13 heavy (non-hydrogen) atoms. The van der Waals surface area contributed by atoms with E-state index >= 15 is 0 Å². The lowest BCUT2D eigenvalue weighted by Crippen LogP contribution is -2.42. The second kappa shape index (κ2) is 10.5. The van der Waals surface area contributed by atoms with E-state index in [1.165, 1.54) is 24.1 Å². The molecule has 0 unspecified atom stereocenters. The Balaban J connectivity index is -0.000000173. The molecular formula is C7H22BBrNO3+. The molecule has 0 spiro atoms. The quantitative estimate of drug-likeness (QED) is 0.494. The van der Waals surface area contributed by atoms with E-state index in [1.54, 1.807) is 0 Å². The zero-order valence-electron chi connectivity index (χ0n) is 8.90. The standard InChI is InChI=1S/C7H18N.BH3O3.BrH/c1-5-8(4,6-2)7-3;2-1(3)4;/h5-7H2,1-4H3;2-4H;1H/q+1;;. The van der Waals surface area contributed by atoms with Gasteiger partial charge < -0.3 is 19.6 Å². The van der Waals surface area contributed by atoms with Crippen molar-refractivity contribution in [1.82, 2.24) is 0 Å². The molecule has 82 valence electrons. The van der Waals surface area contributed by atoms with Crippen LogP contribution < -0.4 is 0 Å². The molecule has 0 saturated heterocycles. The molecule has 0 aliphatic rings. The Morgan fingerprint density at radius 2 is 1.08 bits per heavy atom. The van der Waals surface area contributed by atoms with Gasteiger partial charge in [-0.05, 0) is 20.8 Å². The van der Waals surface area contributed by atoms with Crippen molar-refractivity contribution in [2.24, 2.45) is 0 Å². The van der Waals surface area contributed by atoms with E-state index in [2.05, 4.69) is 27.8 Å².